The number of nitrogens with one attached hydrogen (secondary N) is 2. The van der Waals surface area contributed by atoms with Crippen LogP contribution in [-0.4, -0.2) is 172 Å². The summed E-state index contributed by atoms with van der Waals surface area (Å²) < 4.78 is 23.5. The first-order valence-corrected chi connectivity index (χ1v) is 15.3. The van der Waals surface area contributed by atoms with E-state index in [0.29, 0.717) is 13.0 Å². The summed E-state index contributed by atoms with van der Waals surface area (Å²) in [6.45, 7) is 0.0538. The minimum absolute atomic E-state index is 0.0310. The van der Waals surface area contributed by atoms with E-state index < -0.39 is 110 Å². The molecule has 1 unspecified atom stereocenters. The van der Waals surface area contributed by atoms with Crippen LogP contribution in [0.1, 0.15) is 25.7 Å². The van der Waals surface area contributed by atoms with E-state index in [1.165, 1.54) is 0 Å². The van der Waals surface area contributed by atoms with Gasteiger partial charge in [-0.1, -0.05) is 0 Å². The Morgan fingerprint density at radius 1 is 0.844 bits per heavy atom. The summed E-state index contributed by atoms with van der Waals surface area (Å²) in [5.74, 6) is -0.804. The van der Waals surface area contributed by atoms with Crippen LogP contribution in [0.3, 0.4) is 0 Å². The molecule has 2 heterocycles. The van der Waals surface area contributed by atoms with Crippen LogP contribution in [0.5, 0.6) is 0 Å². The van der Waals surface area contributed by atoms with Gasteiger partial charge >= 0.3 is 0 Å². The standard InChI is InChI=1S/C26H53N7O12/c27-3-1-10(35)7-32-8-16-15(37)6-12(30)25(42-16)44-22-11(29)5-13(33-24(41)14(36)2-4-28)23(21(22)40)45-26-20(39)18(31)19(38)17(9-34)43-26/h10-23,25-26,32,34-40H,1-9,27-31H2,(H,33,41)/t10?,11-,12+,13+,14-,15-,16+,17+,18-,19+,20+,21-,22+,23-,25+,26+/m0/s1. The Morgan fingerprint density at radius 3 is 2.13 bits per heavy atom. The van der Waals surface area contributed by atoms with Crippen LogP contribution in [0.2, 0.25) is 0 Å². The number of ether oxygens (including phenoxy) is 4. The van der Waals surface area contributed by atoms with Crippen molar-refractivity contribution in [3.05, 3.63) is 0 Å². The van der Waals surface area contributed by atoms with Crippen LogP contribution in [0.25, 0.3) is 0 Å². The van der Waals surface area contributed by atoms with E-state index in [0.717, 1.165) is 0 Å². The molecule has 19 nitrogen and oxygen atoms in total. The zero-order chi connectivity index (χ0) is 33.4. The Labute approximate surface area is 261 Å². The molecule has 2 aliphatic heterocycles. The molecule has 19 heteroatoms. The Morgan fingerprint density at radius 2 is 1.49 bits per heavy atom. The summed E-state index contributed by atoms with van der Waals surface area (Å²) in [6.07, 6.45) is -14.6. The molecule has 19 N–H and O–H groups in total. The fourth-order valence-electron chi connectivity index (χ4n) is 5.75. The Balaban J connectivity index is 1.77. The summed E-state index contributed by atoms with van der Waals surface area (Å²) in [7, 11) is 0. The third-order valence-electron chi connectivity index (χ3n) is 8.43. The Kier molecular flexibility index (Phi) is 15.1. The topological polar surface area (TPSA) is 350 Å². The van der Waals surface area contributed by atoms with Crippen LogP contribution in [0.4, 0.5) is 0 Å². The van der Waals surface area contributed by atoms with Gasteiger partial charge in [0.2, 0.25) is 5.91 Å². The van der Waals surface area contributed by atoms with Gasteiger partial charge in [-0.05, 0) is 38.8 Å². The fourth-order valence-corrected chi connectivity index (χ4v) is 5.75. The van der Waals surface area contributed by atoms with Gasteiger partial charge in [0.05, 0.1) is 43.0 Å². The SMILES string of the molecule is NCCC(O)CNC[C@H]1O[C@H](O[C@H]2[C@H](O)[C@@H](O[C@H]3O[C@H](CO)[C@@H](O)[C@H](N)[C@H]3O)[C@H](NC(=O)[C@@H](O)CCN)C[C@@H]2N)[C@H](N)C[C@@H]1O. The number of hydrogen-bond donors (Lipinski definition) is 14. The molecule has 0 aromatic carbocycles. The van der Waals surface area contributed by atoms with Crippen LogP contribution < -0.4 is 39.3 Å². The lowest BCUT2D eigenvalue weighted by Crippen LogP contribution is -2.69. The van der Waals surface area contributed by atoms with Gasteiger partial charge in [-0.2, -0.15) is 0 Å². The van der Waals surface area contributed by atoms with E-state index >= 15 is 0 Å². The van der Waals surface area contributed by atoms with Gasteiger partial charge in [-0.3, -0.25) is 4.79 Å². The first-order chi connectivity index (χ1) is 21.3. The fraction of sp³-hybridized carbons (Fsp3) is 0.962. The smallest absolute Gasteiger partial charge is 0.249 e. The van der Waals surface area contributed by atoms with Crippen molar-refractivity contribution in [2.45, 2.75) is 123 Å². The molecule has 3 rings (SSSR count). The van der Waals surface area contributed by atoms with Crippen LogP contribution in [-0.2, 0) is 23.7 Å². The van der Waals surface area contributed by atoms with Crippen LogP contribution >= 0.6 is 0 Å². The molecule has 2 saturated heterocycles. The van der Waals surface area contributed by atoms with Crippen LogP contribution in [0.15, 0.2) is 0 Å². The maximum absolute atomic E-state index is 12.7. The summed E-state index contributed by atoms with van der Waals surface area (Å²) in [6, 6.07) is -4.08. The molecule has 0 bridgehead atoms. The summed E-state index contributed by atoms with van der Waals surface area (Å²) in [4.78, 5) is 12.7. The molecule has 3 aliphatic rings. The maximum atomic E-state index is 12.7. The second-order valence-electron chi connectivity index (χ2n) is 12.0. The normalized spacial score (nSPS) is 42.2. The van der Waals surface area contributed by atoms with E-state index in [1.807, 2.05) is 0 Å². The van der Waals surface area contributed by atoms with Gasteiger partial charge in [-0.15, -0.1) is 0 Å². The predicted molar refractivity (Wildman–Crippen MR) is 155 cm³/mol. The van der Waals surface area contributed by atoms with E-state index in [-0.39, 0.29) is 38.9 Å². The first-order valence-electron chi connectivity index (χ1n) is 15.3. The molecule has 264 valence electrons. The molecule has 0 aromatic heterocycles. The highest BCUT2D eigenvalue weighted by Crippen LogP contribution is 2.31. The lowest BCUT2D eigenvalue weighted by Gasteiger charge is -2.48. The predicted octanol–water partition coefficient (Wildman–Crippen LogP) is -8.09. The van der Waals surface area contributed by atoms with Crippen molar-refractivity contribution in [1.29, 1.82) is 0 Å². The van der Waals surface area contributed by atoms with Gasteiger partial charge in [0.25, 0.3) is 0 Å². The Bertz CT molecular complexity index is 899. The van der Waals surface area contributed by atoms with Crippen molar-refractivity contribution in [2.24, 2.45) is 28.7 Å². The van der Waals surface area contributed by atoms with Crippen molar-refractivity contribution in [3.63, 3.8) is 0 Å². The van der Waals surface area contributed by atoms with Gasteiger partial charge in [-0.25, -0.2) is 0 Å². The highest BCUT2D eigenvalue weighted by atomic mass is 16.7. The third kappa shape index (κ3) is 9.90. The van der Waals surface area contributed by atoms with Gasteiger partial charge in [0.15, 0.2) is 12.6 Å². The molecule has 1 amide bonds. The zero-order valence-electron chi connectivity index (χ0n) is 25.2. The average Bonchev–Trinajstić information content (AvgIpc) is 2.99. The lowest BCUT2D eigenvalue weighted by molar-refractivity contribution is -0.316. The monoisotopic (exact) mass is 655 g/mol. The van der Waals surface area contributed by atoms with Crippen molar-refractivity contribution in [3.8, 4) is 0 Å². The van der Waals surface area contributed by atoms with Crippen LogP contribution in [0, 0.1) is 0 Å². The molecule has 0 spiro atoms. The first kappa shape index (κ1) is 38.2. The number of rotatable bonds is 15. The minimum atomic E-state index is -1.61. The molecular formula is C26H53N7O12. The number of aliphatic hydroxyl groups excluding tert-OH is 7. The average molecular weight is 656 g/mol. The largest absolute Gasteiger partial charge is 0.394 e. The minimum Gasteiger partial charge on any atom is -0.394 e. The Hall–Kier alpha value is -1.21. The molecule has 1 aliphatic carbocycles. The molecule has 1 saturated carbocycles. The van der Waals surface area contributed by atoms with Crippen molar-refractivity contribution >= 4 is 5.91 Å². The summed E-state index contributed by atoms with van der Waals surface area (Å²) in [5.41, 5.74) is 29.5. The number of carbonyl (C=O) groups is 1. The van der Waals surface area contributed by atoms with Gasteiger partial charge in [0.1, 0.15) is 42.7 Å². The third-order valence-corrected chi connectivity index (χ3v) is 8.43. The zero-order valence-corrected chi connectivity index (χ0v) is 25.2. The van der Waals surface area contributed by atoms with E-state index in [9.17, 15) is 40.5 Å². The van der Waals surface area contributed by atoms with Crippen molar-refractivity contribution < 1.29 is 59.5 Å². The number of aliphatic hydroxyl groups is 7. The van der Waals surface area contributed by atoms with E-state index in [1.54, 1.807) is 0 Å². The summed E-state index contributed by atoms with van der Waals surface area (Å²) >= 11 is 0. The van der Waals surface area contributed by atoms with Gasteiger partial charge < -0.3 is 94.0 Å². The molecule has 0 aromatic rings. The van der Waals surface area contributed by atoms with E-state index in [4.69, 9.17) is 47.6 Å². The maximum Gasteiger partial charge on any atom is 0.249 e. The second kappa shape index (κ2) is 17.8. The summed E-state index contributed by atoms with van der Waals surface area (Å²) in [5, 5.41) is 78.3. The number of carbonyl (C=O) groups excluding carboxylic acids is 1. The molecular weight excluding hydrogens is 602 g/mol. The molecule has 3 fully saturated rings. The molecule has 0 radical (unpaired) electrons. The number of amides is 1. The lowest BCUT2D eigenvalue weighted by atomic mass is 9.83. The number of nitrogens with two attached hydrogens (primary N) is 5. The molecule has 16 atom stereocenters. The highest BCUT2D eigenvalue weighted by molar-refractivity contribution is 5.80. The van der Waals surface area contributed by atoms with Gasteiger partial charge in [0, 0.05) is 19.1 Å². The van der Waals surface area contributed by atoms with Crippen molar-refractivity contribution in [1.82, 2.24) is 10.6 Å². The quantitative estimate of drug-likeness (QED) is 0.0778. The van der Waals surface area contributed by atoms with E-state index in [2.05, 4.69) is 10.6 Å². The molecule has 45 heavy (non-hydrogen) atoms. The van der Waals surface area contributed by atoms with Crippen molar-refractivity contribution in [2.75, 3.05) is 32.8 Å². The highest BCUT2D eigenvalue weighted by Gasteiger charge is 2.51. The second-order valence-corrected chi connectivity index (χ2v) is 12.0. The number of hydrogen-bond acceptors (Lipinski definition) is 18.